The third-order valence-electron chi connectivity index (χ3n) is 6.04. The highest BCUT2D eigenvalue weighted by Crippen LogP contribution is 2.28. The molecule has 0 atom stereocenters. The van der Waals surface area contributed by atoms with Crippen LogP contribution in [0.25, 0.3) is 0 Å². The molecule has 0 aromatic heterocycles. The number of hydrogen-bond acceptors (Lipinski definition) is 4. The second-order valence-electron chi connectivity index (χ2n) is 9.92. The van der Waals surface area contributed by atoms with Crippen LogP contribution in [0.15, 0.2) is 0 Å². The van der Waals surface area contributed by atoms with Gasteiger partial charge in [-0.25, -0.2) is 8.42 Å². The quantitative estimate of drug-likeness (QED) is 0.667. The van der Waals surface area contributed by atoms with Crippen molar-refractivity contribution in [3.8, 4) is 0 Å². The van der Waals surface area contributed by atoms with Gasteiger partial charge < -0.3 is 5.32 Å². The van der Waals surface area contributed by atoms with Crippen LogP contribution >= 0.6 is 0 Å². The number of rotatable bonds is 7. The van der Waals surface area contributed by atoms with Crippen LogP contribution in [0, 0.1) is 17.3 Å². The van der Waals surface area contributed by atoms with Crippen molar-refractivity contribution in [1.29, 1.82) is 0 Å². The van der Waals surface area contributed by atoms with Gasteiger partial charge in [0.2, 0.25) is 21.8 Å². The number of nitrogens with one attached hydrogen (secondary N) is 2. The lowest BCUT2D eigenvalue weighted by Crippen LogP contribution is -2.43. The molecule has 7 heteroatoms. The summed E-state index contributed by atoms with van der Waals surface area (Å²) in [7, 11) is -3.58. The fraction of sp³-hybridized carbons (Fsp3) is 0.905. The summed E-state index contributed by atoms with van der Waals surface area (Å²) in [5, 5.41) is 3.12. The molecule has 2 rings (SSSR count). The monoisotopic (exact) mass is 414 g/mol. The van der Waals surface area contributed by atoms with E-state index in [0.717, 1.165) is 25.7 Å². The highest BCUT2D eigenvalue weighted by Gasteiger charge is 2.30. The summed E-state index contributed by atoms with van der Waals surface area (Å²) in [4.78, 5) is 24.6. The predicted molar refractivity (Wildman–Crippen MR) is 111 cm³/mol. The fourth-order valence-corrected chi connectivity index (χ4v) is 5.62. The lowest BCUT2D eigenvalue weighted by molar-refractivity contribution is -0.124. The zero-order valence-corrected chi connectivity index (χ0v) is 18.6. The maximum Gasteiger partial charge on any atom is 0.236 e. The van der Waals surface area contributed by atoms with Crippen molar-refractivity contribution in [2.75, 3.05) is 5.75 Å². The molecule has 28 heavy (non-hydrogen) atoms. The summed E-state index contributed by atoms with van der Waals surface area (Å²) < 4.78 is 26.5. The van der Waals surface area contributed by atoms with E-state index < -0.39 is 10.0 Å². The molecule has 2 N–H and O–H groups in total. The minimum absolute atomic E-state index is 0.0329. The first-order valence-corrected chi connectivity index (χ1v) is 12.5. The number of amides is 2. The molecule has 0 aromatic rings. The summed E-state index contributed by atoms with van der Waals surface area (Å²) in [6, 6.07) is 0.109. The Hall–Kier alpha value is -1.11. The lowest BCUT2D eigenvalue weighted by atomic mass is 9.84. The molecule has 2 fully saturated rings. The van der Waals surface area contributed by atoms with E-state index in [0.29, 0.717) is 31.6 Å². The molecule has 0 heterocycles. The Morgan fingerprint density at radius 3 is 2.11 bits per heavy atom. The second-order valence-corrected chi connectivity index (χ2v) is 11.8. The highest BCUT2D eigenvalue weighted by atomic mass is 32.2. The summed E-state index contributed by atoms with van der Waals surface area (Å²) in [6.07, 6.45) is 9.90. The Kier molecular flexibility index (Phi) is 8.34. The first-order chi connectivity index (χ1) is 13.0. The van der Waals surface area contributed by atoms with Crippen molar-refractivity contribution >= 4 is 21.8 Å². The molecular formula is C21H38N2O4S. The first-order valence-electron chi connectivity index (χ1n) is 10.9. The number of carbonyl (C=O) groups excluding carboxylic acids is 2. The minimum Gasteiger partial charge on any atom is -0.353 e. The van der Waals surface area contributed by atoms with Gasteiger partial charge in [0.1, 0.15) is 0 Å². The SMILES string of the molecule is CC(C)(C)CCS(=O)(=O)NC(=O)C1CCC(NC(=O)CC2CCCCC2)CC1. The lowest BCUT2D eigenvalue weighted by Gasteiger charge is -2.29. The minimum atomic E-state index is -3.58. The van der Waals surface area contributed by atoms with Crippen molar-refractivity contribution in [3.05, 3.63) is 0 Å². The zero-order valence-electron chi connectivity index (χ0n) is 17.8. The summed E-state index contributed by atoms with van der Waals surface area (Å²) in [5.74, 6) is -0.0510. The van der Waals surface area contributed by atoms with Crippen molar-refractivity contribution < 1.29 is 18.0 Å². The maximum absolute atomic E-state index is 12.4. The Labute approximate surface area is 170 Å². The molecule has 162 valence electrons. The Balaban J connectivity index is 1.70. The molecule has 0 spiro atoms. The summed E-state index contributed by atoms with van der Waals surface area (Å²) >= 11 is 0. The van der Waals surface area contributed by atoms with Gasteiger partial charge in [0.15, 0.2) is 0 Å². The van der Waals surface area contributed by atoms with Gasteiger partial charge in [-0.1, -0.05) is 40.0 Å². The van der Waals surface area contributed by atoms with Gasteiger partial charge in [-0.05, 0) is 56.3 Å². The van der Waals surface area contributed by atoms with E-state index >= 15 is 0 Å². The van der Waals surface area contributed by atoms with Gasteiger partial charge in [-0.2, -0.15) is 0 Å². The second kappa shape index (κ2) is 10.1. The maximum atomic E-state index is 12.4. The van der Waals surface area contributed by atoms with E-state index in [1.807, 2.05) is 20.8 Å². The molecule has 2 aliphatic carbocycles. The predicted octanol–water partition coefficient (Wildman–Crippen LogP) is 3.51. The molecule has 2 saturated carbocycles. The highest BCUT2D eigenvalue weighted by molar-refractivity contribution is 7.90. The van der Waals surface area contributed by atoms with Gasteiger partial charge in [0.05, 0.1) is 5.75 Å². The van der Waals surface area contributed by atoms with Gasteiger partial charge in [-0.15, -0.1) is 0 Å². The van der Waals surface area contributed by atoms with Crippen LogP contribution < -0.4 is 10.0 Å². The summed E-state index contributed by atoms with van der Waals surface area (Å²) in [6.45, 7) is 5.94. The van der Waals surface area contributed by atoms with Crippen molar-refractivity contribution in [3.63, 3.8) is 0 Å². The fourth-order valence-electron chi connectivity index (χ4n) is 4.17. The van der Waals surface area contributed by atoms with E-state index in [4.69, 9.17) is 0 Å². The van der Waals surface area contributed by atoms with Crippen LogP contribution in [-0.2, 0) is 19.6 Å². The average Bonchev–Trinajstić information content (AvgIpc) is 2.60. The van der Waals surface area contributed by atoms with E-state index in [1.54, 1.807) is 0 Å². The third kappa shape index (κ3) is 8.50. The average molecular weight is 415 g/mol. The molecule has 0 aromatic carbocycles. The molecular weight excluding hydrogens is 376 g/mol. The van der Waals surface area contributed by atoms with Crippen LogP contribution in [0.1, 0.15) is 91.4 Å². The van der Waals surface area contributed by atoms with Gasteiger partial charge in [0, 0.05) is 18.4 Å². The van der Waals surface area contributed by atoms with Crippen LogP contribution in [-0.4, -0.2) is 32.0 Å². The largest absolute Gasteiger partial charge is 0.353 e. The Morgan fingerprint density at radius 2 is 1.54 bits per heavy atom. The number of carbonyl (C=O) groups is 2. The zero-order chi connectivity index (χ0) is 20.8. The first kappa shape index (κ1) is 23.2. The molecule has 0 bridgehead atoms. The van der Waals surface area contributed by atoms with Crippen molar-refractivity contribution in [2.45, 2.75) is 97.4 Å². The smallest absolute Gasteiger partial charge is 0.236 e. The Bertz CT molecular complexity index is 625. The Morgan fingerprint density at radius 1 is 0.929 bits per heavy atom. The molecule has 0 radical (unpaired) electrons. The van der Waals surface area contributed by atoms with E-state index in [-0.39, 0.29) is 34.9 Å². The van der Waals surface area contributed by atoms with E-state index in [9.17, 15) is 18.0 Å². The number of sulfonamides is 1. The standard InChI is InChI=1S/C21H38N2O4S/c1-21(2,3)13-14-28(26,27)23-20(25)17-9-11-18(12-10-17)22-19(24)15-16-7-5-4-6-8-16/h16-18H,4-15H2,1-3H3,(H,22,24)(H,23,25). The van der Waals surface area contributed by atoms with E-state index in [2.05, 4.69) is 10.0 Å². The molecule has 0 unspecified atom stereocenters. The molecule has 2 aliphatic rings. The molecule has 6 nitrogen and oxygen atoms in total. The molecule has 2 amide bonds. The third-order valence-corrected chi connectivity index (χ3v) is 7.29. The van der Waals surface area contributed by atoms with Crippen LogP contribution in [0.4, 0.5) is 0 Å². The summed E-state index contributed by atoms with van der Waals surface area (Å²) in [5.41, 5.74) is -0.0916. The molecule has 0 saturated heterocycles. The normalized spacial score (nSPS) is 24.5. The number of hydrogen-bond donors (Lipinski definition) is 2. The van der Waals surface area contributed by atoms with Crippen LogP contribution in [0.2, 0.25) is 0 Å². The van der Waals surface area contributed by atoms with Gasteiger partial charge in [0.25, 0.3) is 0 Å². The topological polar surface area (TPSA) is 92.3 Å². The van der Waals surface area contributed by atoms with E-state index in [1.165, 1.54) is 19.3 Å². The van der Waals surface area contributed by atoms with Crippen LogP contribution in [0.5, 0.6) is 0 Å². The van der Waals surface area contributed by atoms with Crippen LogP contribution in [0.3, 0.4) is 0 Å². The molecule has 0 aliphatic heterocycles. The van der Waals surface area contributed by atoms with Crippen molar-refractivity contribution in [2.24, 2.45) is 17.3 Å². The van der Waals surface area contributed by atoms with Crippen molar-refractivity contribution in [1.82, 2.24) is 10.0 Å². The van der Waals surface area contributed by atoms with Gasteiger partial charge in [-0.3, -0.25) is 14.3 Å². The van der Waals surface area contributed by atoms with Gasteiger partial charge >= 0.3 is 0 Å².